The van der Waals surface area contributed by atoms with Crippen LogP contribution in [0.15, 0.2) is 54.6 Å². The SMILES string of the molecule is Cc1cc(CCc2ccc(NS(C)(=O)=O)cc2)n(C)c1C(=O)c1ccc(Cl)cc1. The molecule has 0 radical (unpaired) electrons. The van der Waals surface area contributed by atoms with Gasteiger partial charge in [-0.25, -0.2) is 8.42 Å². The smallest absolute Gasteiger partial charge is 0.229 e. The molecule has 1 heterocycles. The molecule has 0 saturated carbocycles. The summed E-state index contributed by atoms with van der Waals surface area (Å²) >= 11 is 5.92. The van der Waals surface area contributed by atoms with Crippen LogP contribution in [0, 0.1) is 6.92 Å². The third kappa shape index (κ3) is 5.28. The summed E-state index contributed by atoms with van der Waals surface area (Å²) in [5, 5.41) is 0.601. The number of halogens is 1. The molecular formula is C22H23ClN2O3S. The molecule has 3 rings (SSSR count). The first kappa shape index (κ1) is 21.1. The number of sulfonamides is 1. The molecule has 152 valence electrons. The van der Waals surface area contributed by atoms with Crippen molar-refractivity contribution >= 4 is 33.1 Å². The average Bonchev–Trinajstić information content (AvgIpc) is 2.93. The molecule has 7 heteroatoms. The molecule has 0 unspecified atom stereocenters. The van der Waals surface area contributed by atoms with Gasteiger partial charge in [-0.05, 0) is 73.4 Å². The highest BCUT2D eigenvalue weighted by atomic mass is 35.5. The van der Waals surface area contributed by atoms with Crippen LogP contribution in [0.2, 0.25) is 5.02 Å². The van der Waals surface area contributed by atoms with Crippen LogP contribution in [0.3, 0.4) is 0 Å². The second-order valence-corrected chi connectivity index (χ2v) is 9.32. The lowest BCUT2D eigenvalue weighted by Crippen LogP contribution is -2.11. The van der Waals surface area contributed by atoms with Gasteiger partial charge in [0.05, 0.1) is 11.9 Å². The van der Waals surface area contributed by atoms with Crippen LogP contribution in [-0.2, 0) is 29.9 Å². The van der Waals surface area contributed by atoms with E-state index in [4.69, 9.17) is 11.6 Å². The standard InChI is InChI=1S/C22H23ClN2O3S/c1-15-14-20(13-6-16-4-11-19(12-5-16)24-29(3,27)28)25(2)21(15)22(26)17-7-9-18(23)10-8-17/h4-5,7-12,14,24H,6,13H2,1-3H3. The van der Waals surface area contributed by atoms with Crippen LogP contribution in [0.25, 0.3) is 0 Å². The van der Waals surface area contributed by atoms with E-state index in [-0.39, 0.29) is 5.78 Å². The largest absolute Gasteiger partial charge is 0.345 e. The molecule has 0 bridgehead atoms. The normalized spacial score (nSPS) is 11.4. The van der Waals surface area contributed by atoms with Gasteiger partial charge in [-0.2, -0.15) is 0 Å². The molecule has 5 nitrogen and oxygen atoms in total. The van der Waals surface area contributed by atoms with Crippen molar-refractivity contribution in [1.82, 2.24) is 4.57 Å². The van der Waals surface area contributed by atoms with E-state index >= 15 is 0 Å². The maximum atomic E-state index is 12.9. The quantitative estimate of drug-likeness (QED) is 0.566. The van der Waals surface area contributed by atoms with Gasteiger partial charge in [0.25, 0.3) is 0 Å². The van der Waals surface area contributed by atoms with Crippen LogP contribution < -0.4 is 4.72 Å². The predicted octanol–water partition coefficient (Wildman–Crippen LogP) is 4.37. The van der Waals surface area contributed by atoms with E-state index in [1.54, 1.807) is 36.4 Å². The number of benzene rings is 2. The van der Waals surface area contributed by atoms with Gasteiger partial charge in [0, 0.05) is 29.0 Å². The lowest BCUT2D eigenvalue weighted by atomic mass is 10.1. The van der Waals surface area contributed by atoms with E-state index in [0.717, 1.165) is 35.9 Å². The Morgan fingerprint density at radius 1 is 1.03 bits per heavy atom. The van der Waals surface area contributed by atoms with Gasteiger partial charge in [-0.1, -0.05) is 23.7 Å². The fraction of sp³-hybridized carbons (Fsp3) is 0.227. The van der Waals surface area contributed by atoms with Crippen molar-refractivity contribution in [2.24, 2.45) is 7.05 Å². The number of ketones is 1. The number of carbonyl (C=O) groups is 1. The highest BCUT2D eigenvalue weighted by molar-refractivity contribution is 7.92. The van der Waals surface area contributed by atoms with E-state index in [0.29, 0.717) is 22.0 Å². The predicted molar refractivity (Wildman–Crippen MR) is 117 cm³/mol. The lowest BCUT2D eigenvalue weighted by Gasteiger charge is -2.09. The van der Waals surface area contributed by atoms with Gasteiger partial charge < -0.3 is 4.57 Å². The number of nitrogens with zero attached hydrogens (tertiary/aromatic N) is 1. The number of anilines is 1. The summed E-state index contributed by atoms with van der Waals surface area (Å²) in [5.74, 6) is -0.0240. The van der Waals surface area contributed by atoms with E-state index in [1.165, 1.54) is 0 Å². The van der Waals surface area contributed by atoms with Crippen molar-refractivity contribution in [3.05, 3.63) is 87.7 Å². The van der Waals surface area contributed by atoms with Crippen molar-refractivity contribution in [1.29, 1.82) is 0 Å². The van der Waals surface area contributed by atoms with Crippen LogP contribution in [0.1, 0.15) is 32.9 Å². The maximum Gasteiger partial charge on any atom is 0.229 e. The summed E-state index contributed by atoms with van der Waals surface area (Å²) in [5.41, 5.74) is 4.93. The van der Waals surface area contributed by atoms with Crippen molar-refractivity contribution in [2.75, 3.05) is 11.0 Å². The zero-order valence-corrected chi connectivity index (χ0v) is 18.1. The molecule has 0 fully saturated rings. The first-order chi connectivity index (χ1) is 13.6. The first-order valence-electron chi connectivity index (χ1n) is 9.16. The molecule has 0 aliphatic heterocycles. The lowest BCUT2D eigenvalue weighted by molar-refractivity contribution is 0.103. The minimum absolute atomic E-state index is 0.0240. The highest BCUT2D eigenvalue weighted by Gasteiger charge is 2.18. The number of hydrogen-bond acceptors (Lipinski definition) is 3. The van der Waals surface area contributed by atoms with Gasteiger partial charge in [0.1, 0.15) is 0 Å². The molecular weight excluding hydrogens is 408 g/mol. The van der Waals surface area contributed by atoms with Crippen molar-refractivity contribution in [2.45, 2.75) is 19.8 Å². The summed E-state index contributed by atoms with van der Waals surface area (Å²) in [4.78, 5) is 12.9. The number of aryl methyl sites for hydroxylation is 3. The topological polar surface area (TPSA) is 68.2 Å². The van der Waals surface area contributed by atoms with E-state index in [9.17, 15) is 13.2 Å². The molecule has 0 spiro atoms. The van der Waals surface area contributed by atoms with Gasteiger partial charge >= 0.3 is 0 Å². The van der Waals surface area contributed by atoms with E-state index < -0.39 is 10.0 Å². The molecule has 1 aromatic heterocycles. The van der Waals surface area contributed by atoms with E-state index in [1.807, 2.05) is 36.7 Å². The third-order valence-corrected chi connectivity index (χ3v) is 5.63. The minimum atomic E-state index is -3.28. The Morgan fingerprint density at radius 2 is 1.66 bits per heavy atom. The molecule has 29 heavy (non-hydrogen) atoms. The van der Waals surface area contributed by atoms with Crippen LogP contribution in [-0.4, -0.2) is 25.0 Å². The Kier molecular flexibility index (Phi) is 6.15. The zero-order chi connectivity index (χ0) is 21.2. The second kappa shape index (κ2) is 8.43. The van der Waals surface area contributed by atoms with Crippen molar-refractivity contribution in [3.63, 3.8) is 0 Å². The summed E-state index contributed by atoms with van der Waals surface area (Å²) in [6.07, 6.45) is 2.68. The van der Waals surface area contributed by atoms with Crippen molar-refractivity contribution < 1.29 is 13.2 Å². The summed E-state index contributed by atoms with van der Waals surface area (Å²) < 4.78 is 27.0. The fourth-order valence-corrected chi connectivity index (χ4v) is 4.05. The van der Waals surface area contributed by atoms with Crippen LogP contribution in [0.5, 0.6) is 0 Å². The molecule has 1 N–H and O–H groups in total. The molecule has 0 saturated heterocycles. The third-order valence-electron chi connectivity index (χ3n) is 4.77. The monoisotopic (exact) mass is 430 g/mol. The molecule has 0 aliphatic rings. The Labute approximate surface area is 176 Å². The van der Waals surface area contributed by atoms with Gasteiger partial charge in [-0.3, -0.25) is 9.52 Å². The van der Waals surface area contributed by atoms with Gasteiger partial charge in [-0.15, -0.1) is 0 Å². The van der Waals surface area contributed by atoms with Crippen LogP contribution >= 0.6 is 11.6 Å². The number of rotatable bonds is 7. The second-order valence-electron chi connectivity index (χ2n) is 7.13. The summed E-state index contributed by atoms with van der Waals surface area (Å²) in [6, 6.07) is 16.3. The number of hydrogen-bond donors (Lipinski definition) is 1. The molecule has 2 aromatic carbocycles. The van der Waals surface area contributed by atoms with Gasteiger partial charge in [0.15, 0.2) is 0 Å². The minimum Gasteiger partial charge on any atom is -0.345 e. The number of nitrogens with one attached hydrogen (secondary N) is 1. The summed E-state index contributed by atoms with van der Waals surface area (Å²) in [6.45, 7) is 1.94. The Bertz CT molecular complexity index is 1130. The van der Waals surface area contributed by atoms with E-state index in [2.05, 4.69) is 4.72 Å². The zero-order valence-electron chi connectivity index (χ0n) is 16.6. The number of carbonyl (C=O) groups excluding carboxylic acids is 1. The number of aromatic nitrogens is 1. The van der Waals surface area contributed by atoms with Crippen molar-refractivity contribution in [3.8, 4) is 0 Å². The Balaban J connectivity index is 1.73. The summed E-state index contributed by atoms with van der Waals surface area (Å²) in [7, 11) is -1.37. The maximum absolute atomic E-state index is 12.9. The molecule has 0 aliphatic carbocycles. The first-order valence-corrected chi connectivity index (χ1v) is 11.4. The fourth-order valence-electron chi connectivity index (χ4n) is 3.36. The molecule has 0 amide bonds. The average molecular weight is 431 g/mol. The Morgan fingerprint density at radius 3 is 2.24 bits per heavy atom. The van der Waals surface area contributed by atoms with Crippen LogP contribution in [0.4, 0.5) is 5.69 Å². The Hall–Kier alpha value is -2.57. The molecule has 0 atom stereocenters. The highest BCUT2D eigenvalue weighted by Crippen LogP contribution is 2.21. The molecule has 3 aromatic rings. The van der Waals surface area contributed by atoms with Gasteiger partial charge in [0.2, 0.25) is 15.8 Å².